The summed E-state index contributed by atoms with van der Waals surface area (Å²) in [6.45, 7) is 2.01. The molecule has 0 radical (unpaired) electrons. The van der Waals surface area contributed by atoms with Crippen LogP contribution in [0, 0.1) is 6.92 Å². The Bertz CT molecular complexity index is 775. The largest absolute Gasteiger partial charge is 0.256 e. The lowest BCUT2D eigenvalue weighted by molar-refractivity contribution is 1.30. The molecule has 3 rings (SSSR count). The molecule has 0 saturated heterocycles. The Labute approximate surface area is 132 Å². The molecule has 0 bridgehead atoms. The minimum atomic E-state index is 0.730. The number of aromatic nitrogens is 1. The van der Waals surface area contributed by atoms with Gasteiger partial charge in [-0.25, -0.2) is 4.98 Å². The van der Waals surface area contributed by atoms with Gasteiger partial charge >= 0.3 is 0 Å². The minimum Gasteiger partial charge on any atom is -0.256 e. The SMILES string of the molecule is Cc1nc(-c2cccc(N=Cc3ccc(Cl)cc3)c2)cs1. The lowest BCUT2D eigenvalue weighted by atomic mass is 10.1. The van der Waals surface area contributed by atoms with Gasteiger partial charge in [-0.1, -0.05) is 35.9 Å². The van der Waals surface area contributed by atoms with Gasteiger partial charge in [-0.05, 0) is 36.8 Å². The summed E-state index contributed by atoms with van der Waals surface area (Å²) in [5.74, 6) is 0. The van der Waals surface area contributed by atoms with Crippen molar-refractivity contribution in [3.63, 3.8) is 0 Å². The Morgan fingerprint density at radius 3 is 2.67 bits per heavy atom. The van der Waals surface area contributed by atoms with Crippen LogP contribution in [0.4, 0.5) is 5.69 Å². The number of aryl methyl sites for hydroxylation is 1. The van der Waals surface area contributed by atoms with Gasteiger partial charge in [0.2, 0.25) is 0 Å². The molecular formula is C17H13ClN2S. The third kappa shape index (κ3) is 3.57. The van der Waals surface area contributed by atoms with Crippen molar-refractivity contribution in [3.05, 3.63) is 69.5 Å². The number of aliphatic imine (C=N–C) groups is 1. The maximum Gasteiger partial charge on any atom is 0.0901 e. The van der Waals surface area contributed by atoms with E-state index in [-0.39, 0.29) is 0 Å². The Kier molecular flexibility index (Phi) is 4.13. The van der Waals surface area contributed by atoms with Gasteiger partial charge in [0.1, 0.15) is 0 Å². The van der Waals surface area contributed by atoms with E-state index in [1.54, 1.807) is 11.3 Å². The second-order valence-corrected chi connectivity index (χ2v) is 6.11. The van der Waals surface area contributed by atoms with Gasteiger partial charge in [0, 0.05) is 22.2 Å². The average molecular weight is 313 g/mol. The molecule has 0 saturated carbocycles. The van der Waals surface area contributed by atoms with E-state index in [0.29, 0.717) is 0 Å². The Hall–Kier alpha value is -1.97. The molecule has 4 heteroatoms. The van der Waals surface area contributed by atoms with E-state index in [9.17, 15) is 0 Å². The van der Waals surface area contributed by atoms with Crippen molar-refractivity contribution in [1.82, 2.24) is 4.98 Å². The Morgan fingerprint density at radius 2 is 1.95 bits per heavy atom. The fourth-order valence-corrected chi connectivity index (χ4v) is 2.69. The number of thiazole rings is 1. The van der Waals surface area contributed by atoms with Crippen LogP contribution in [0.3, 0.4) is 0 Å². The van der Waals surface area contributed by atoms with Crippen molar-refractivity contribution in [1.29, 1.82) is 0 Å². The highest BCUT2D eigenvalue weighted by atomic mass is 35.5. The topological polar surface area (TPSA) is 25.2 Å². The molecule has 0 spiro atoms. The van der Waals surface area contributed by atoms with Crippen molar-refractivity contribution in [2.75, 3.05) is 0 Å². The molecule has 1 heterocycles. The normalized spacial score (nSPS) is 11.1. The second-order valence-electron chi connectivity index (χ2n) is 4.61. The van der Waals surface area contributed by atoms with E-state index in [1.165, 1.54) is 0 Å². The van der Waals surface area contributed by atoms with Gasteiger partial charge in [0.15, 0.2) is 0 Å². The molecule has 0 aliphatic heterocycles. The number of nitrogens with zero attached hydrogens (tertiary/aromatic N) is 2. The first kappa shape index (κ1) is 14.0. The average Bonchev–Trinajstić information content (AvgIpc) is 2.94. The lowest BCUT2D eigenvalue weighted by Gasteiger charge is -1.99. The van der Waals surface area contributed by atoms with Crippen LogP contribution in [-0.4, -0.2) is 11.2 Å². The summed E-state index contributed by atoms with van der Waals surface area (Å²) >= 11 is 7.52. The third-order valence-corrected chi connectivity index (χ3v) is 4.02. The first-order chi connectivity index (χ1) is 10.2. The van der Waals surface area contributed by atoms with Crippen LogP contribution in [0.5, 0.6) is 0 Å². The first-order valence-corrected chi connectivity index (χ1v) is 7.79. The van der Waals surface area contributed by atoms with Gasteiger partial charge in [-0.15, -0.1) is 11.3 Å². The van der Waals surface area contributed by atoms with Gasteiger partial charge in [0.25, 0.3) is 0 Å². The Morgan fingerprint density at radius 1 is 1.14 bits per heavy atom. The zero-order valence-corrected chi connectivity index (χ0v) is 13.0. The molecule has 0 N–H and O–H groups in total. The Balaban J connectivity index is 1.84. The van der Waals surface area contributed by atoms with Crippen LogP contribution in [0.1, 0.15) is 10.6 Å². The van der Waals surface area contributed by atoms with Crippen LogP contribution in [-0.2, 0) is 0 Å². The monoisotopic (exact) mass is 312 g/mol. The van der Waals surface area contributed by atoms with E-state index in [4.69, 9.17) is 11.6 Å². The van der Waals surface area contributed by atoms with Crippen LogP contribution in [0.25, 0.3) is 11.3 Å². The molecule has 1 aromatic heterocycles. The standard InChI is InChI=1S/C17H13ClN2S/c1-12-20-17(11-21-12)14-3-2-4-16(9-14)19-10-13-5-7-15(18)8-6-13/h2-11H,1H3. The third-order valence-electron chi connectivity index (χ3n) is 2.99. The molecule has 0 unspecified atom stereocenters. The minimum absolute atomic E-state index is 0.730. The molecule has 0 atom stereocenters. The predicted octanol–water partition coefficient (Wildman–Crippen LogP) is 5.52. The quantitative estimate of drug-likeness (QED) is 0.584. The van der Waals surface area contributed by atoms with Crippen molar-refractivity contribution in [3.8, 4) is 11.3 Å². The molecule has 104 valence electrons. The van der Waals surface area contributed by atoms with Crippen LogP contribution >= 0.6 is 22.9 Å². The maximum absolute atomic E-state index is 5.87. The number of benzene rings is 2. The summed E-state index contributed by atoms with van der Waals surface area (Å²) in [7, 11) is 0. The zero-order chi connectivity index (χ0) is 14.7. The van der Waals surface area contributed by atoms with Gasteiger partial charge in [-0.3, -0.25) is 4.99 Å². The molecule has 21 heavy (non-hydrogen) atoms. The number of rotatable bonds is 3. The van der Waals surface area contributed by atoms with Gasteiger partial charge in [-0.2, -0.15) is 0 Å². The highest BCUT2D eigenvalue weighted by Gasteiger charge is 2.02. The molecule has 2 aromatic carbocycles. The predicted molar refractivity (Wildman–Crippen MR) is 91.0 cm³/mol. The van der Waals surface area contributed by atoms with E-state index in [0.717, 1.165) is 32.5 Å². The van der Waals surface area contributed by atoms with Crippen LogP contribution in [0.2, 0.25) is 5.02 Å². The molecular weight excluding hydrogens is 300 g/mol. The van der Waals surface area contributed by atoms with Crippen LogP contribution < -0.4 is 0 Å². The number of hydrogen-bond acceptors (Lipinski definition) is 3. The van der Waals surface area contributed by atoms with Crippen molar-refractivity contribution in [2.24, 2.45) is 4.99 Å². The fourth-order valence-electron chi connectivity index (χ4n) is 1.94. The molecule has 0 aliphatic rings. The smallest absolute Gasteiger partial charge is 0.0901 e. The number of hydrogen-bond donors (Lipinski definition) is 0. The summed E-state index contributed by atoms with van der Waals surface area (Å²) in [5.41, 5.74) is 4.02. The molecule has 0 aliphatic carbocycles. The maximum atomic E-state index is 5.87. The highest BCUT2D eigenvalue weighted by molar-refractivity contribution is 7.09. The second kappa shape index (κ2) is 6.20. The summed E-state index contributed by atoms with van der Waals surface area (Å²) < 4.78 is 0. The van der Waals surface area contributed by atoms with E-state index in [2.05, 4.69) is 21.4 Å². The number of halogens is 1. The van der Waals surface area contributed by atoms with Gasteiger partial charge in [0.05, 0.1) is 16.4 Å². The molecule has 2 nitrogen and oxygen atoms in total. The van der Waals surface area contributed by atoms with E-state index < -0.39 is 0 Å². The summed E-state index contributed by atoms with van der Waals surface area (Å²) in [6.07, 6.45) is 1.84. The molecule has 3 aromatic rings. The summed E-state index contributed by atoms with van der Waals surface area (Å²) in [5, 5.41) is 3.87. The van der Waals surface area contributed by atoms with Crippen molar-refractivity contribution < 1.29 is 0 Å². The summed E-state index contributed by atoms with van der Waals surface area (Å²) in [4.78, 5) is 9.01. The molecule has 0 fully saturated rings. The van der Waals surface area contributed by atoms with Crippen molar-refractivity contribution in [2.45, 2.75) is 6.92 Å². The highest BCUT2D eigenvalue weighted by Crippen LogP contribution is 2.25. The van der Waals surface area contributed by atoms with Crippen molar-refractivity contribution >= 4 is 34.8 Å². The lowest BCUT2D eigenvalue weighted by Crippen LogP contribution is -1.80. The van der Waals surface area contributed by atoms with E-state index in [1.807, 2.05) is 55.6 Å². The van der Waals surface area contributed by atoms with Crippen LogP contribution in [0.15, 0.2) is 58.9 Å². The first-order valence-electron chi connectivity index (χ1n) is 6.53. The summed E-state index contributed by atoms with van der Waals surface area (Å²) in [6, 6.07) is 15.7. The van der Waals surface area contributed by atoms with Gasteiger partial charge < -0.3 is 0 Å². The molecule has 0 amide bonds. The fraction of sp³-hybridized carbons (Fsp3) is 0.0588. The van der Waals surface area contributed by atoms with E-state index >= 15 is 0 Å². The zero-order valence-electron chi connectivity index (χ0n) is 11.5.